The van der Waals surface area contributed by atoms with Crippen molar-refractivity contribution in [2.24, 2.45) is 0 Å². The molecule has 0 aliphatic heterocycles. The summed E-state index contributed by atoms with van der Waals surface area (Å²) < 4.78 is 28.5. The zero-order chi connectivity index (χ0) is 18.7. The van der Waals surface area contributed by atoms with Crippen LogP contribution < -0.4 is 4.72 Å². The van der Waals surface area contributed by atoms with Gasteiger partial charge in [0.15, 0.2) is 0 Å². The van der Waals surface area contributed by atoms with E-state index in [4.69, 9.17) is 0 Å². The lowest BCUT2D eigenvalue weighted by Crippen LogP contribution is -2.26. The van der Waals surface area contributed by atoms with Crippen molar-refractivity contribution < 1.29 is 8.42 Å². The summed E-state index contributed by atoms with van der Waals surface area (Å²) >= 11 is 2.81. The molecule has 0 aliphatic rings. The molecule has 1 unspecified atom stereocenters. The average molecular weight is 407 g/mol. The number of benzene rings is 1. The Morgan fingerprint density at radius 1 is 1.08 bits per heavy atom. The molecule has 2 heterocycles. The first-order valence-electron chi connectivity index (χ1n) is 8.58. The summed E-state index contributed by atoms with van der Waals surface area (Å²) in [5.41, 5.74) is 3.22. The van der Waals surface area contributed by atoms with Crippen LogP contribution >= 0.6 is 22.7 Å². The van der Waals surface area contributed by atoms with Crippen LogP contribution in [0.1, 0.15) is 43.6 Å². The second-order valence-electron chi connectivity index (χ2n) is 6.05. The summed E-state index contributed by atoms with van der Waals surface area (Å²) in [4.78, 5) is 5.42. The van der Waals surface area contributed by atoms with Gasteiger partial charge in [0.1, 0.15) is 9.22 Å². The highest BCUT2D eigenvalue weighted by atomic mass is 32.2. The van der Waals surface area contributed by atoms with Crippen LogP contribution in [-0.4, -0.2) is 13.4 Å². The van der Waals surface area contributed by atoms with Crippen molar-refractivity contribution >= 4 is 32.7 Å². The molecule has 4 nitrogen and oxygen atoms in total. The first kappa shape index (κ1) is 19.2. The largest absolute Gasteiger partial charge is 0.250 e. The molecule has 3 aromatic rings. The van der Waals surface area contributed by atoms with Crippen molar-refractivity contribution in [3.8, 4) is 9.88 Å². The molecular formula is C19H22N2O2S3. The molecule has 0 spiro atoms. The molecule has 138 valence electrons. The smallest absolute Gasteiger partial charge is 0.240 e. The van der Waals surface area contributed by atoms with Gasteiger partial charge >= 0.3 is 0 Å². The van der Waals surface area contributed by atoms with Gasteiger partial charge < -0.3 is 0 Å². The fourth-order valence-corrected chi connectivity index (χ4v) is 6.09. The summed E-state index contributed by atoms with van der Waals surface area (Å²) in [5, 5.41) is 2.89. The van der Waals surface area contributed by atoms with E-state index in [1.807, 2.05) is 42.6 Å². The van der Waals surface area contributed by atoms with Crippen LogP contribution in [0.4, 0.5) is 0 Å². The van der Waals surface area contributed by atoms with Crippen molar-refractivity contribution in [1.82, 2.24) is 9.71 Å². The SMILES string of the molecule is CCc1ccc(C(C)NS(=O)(=O)c2ccc(-c3nc(CC)cs3)s2)cc1. The molecule has 1 atom stereocenters. The normalized spacial score (nSPS) is 13.0. The number of nitrogens with zero attached hydrogens (tertiary/aromatic N) is 1. The van der Waals surface area contributed by atoms with E-state index in [2.05, 4.69) is 23.6 Å². The molecular weight excluding hydrogens is 384 g/mol. The van der Waals surface area contributed by atoms with Crippen LogP contribution in [0.25, 0.3) is 9.88 Å². The topological polar surface area (TPSA) is 59.1 Å². The molecule has 0 amide bonds. The number of thiophene rings is 1. The van der Waals surface area contributed by atoms with E-state index in [1.165, 1.54) is 16.9 Å². The Kier molecular flexibility index (Phi) is 5.92. The van der Waals surface area contributed by atoms with Gasteiger partial charge in [0, 0.05) is 11.4 Å². The molecule has 26 heavy (non-hydrogen) atoms. The maximum Gasteiger partial charge on any atom is 0.250 e. The van der Waals surface area contributed by atoms with Gasteiger partial charge in [0.25, 0.3) is 10.0 Å². The van der Waals surface area contributed by atoms with Gasteiger partial charge in [-0.2, -0.15) is 0 Å². The third kappa shape index (κ3) is 4.23. The minimum Gasteiger partial charge on any atom is -0.240 e. The van der Waals surface area contributed by atoms with Crippen LogP contribution in [-0.2, 0) is 22.9 Å². The van der Waals surface area contributed by atoms with Crippen LogP contribution in [0.5, 0.6) is 0 Å². The summed E-state index contributed by atoms with van der Waals surface area (Å²) in [5.74, 6) is 0. The number of thiazole rings is 1. The van der Waals surface area contributed by atoms with E-state index in [1.54, 1.807) is 17.4 Å². The zero-order valence-corrected chi connectivity index (χ0v) is 17.5. The highest BCUT2D eigenvalue weighted by molar-refractivity contribution is 7.91. The molecule has 1 aromatic carbocycles. The van der Waals surface area contributed by atoms with Crippen molar-refractivity contribution in [3.05, 3.63) is 58.6 Å². The van der Waals surface area contributed by atoms with Crippen molar-refractivity contribution in [2.45, 2.75) is 43.9 Å². The van der Waals surface area contributed by atoms with Crippen LogP contribution in [0.15, 0.2) is 46.0 Å². The highest BCUT2D eigenvalue weighted by Gasteiger charge is 2.21. The summed E-state index contributed by atoms with van der Waals surface area (Å²) in [6.45, 7) is 6.02. The summed E-state index contributed by atoms with van der Waals surface area (Å²) in [6.07, 6.45) is 1.85. The number of aromatic nitrogens is 1. The predicted octanol–water partition coefficient (Wildman–Crippen LogP) is 5.04. The lowest BCUT2D eigenvalue weighted by atomic mass is 10.1. The highest BCUT2D eigenvalue weighted by Crippen LogP contribution is 2.33. The van der Waals surface area contributed by atoms with E-state index in [9.17, 15) is 8.42 Å². The molecule has 2 aromatic heterocycles. The van der Waals surface area contributed by atoms with Gasteiger partial charge in [-0.25, -0.2) is 18.1 Å². The Labute approximate surface area is 163 Å². The molecule has 1 N–H and O–H groups in total. The molecule has 0 aliphatic carbocycles. The van der Waals surface area contributed by atoms with E-state index in [0.29, 0.717) is 4.21 Å². The molecule has 0 fully saturated rings. The maximum atomic E-state index is 12.7. The quantitative estimate of drug-likeness (QED) is 0.598. The van der Waals surface area contributed by atoms with Gasteiger partial charge in [-0.3, -0.25) is 0 Å². The molecule has 0 saturated heterocycles. The lowest BCUT2D eigenvalue weighted by Gasteiger charge is -2.14. The number of rotatable bonds is 7. The van der Waals surface area contributed by atoms with Gasteiger partial charge in [-0.15, -0.1) is 22.7 Å². The second kappa shape index (κ2) is 8.00. The van der Waals surface area contributed by atoms with Gasteiger partial charge in [-0.05, 0) is 43.0 Å². The first-order valence-corrected chi connectivity index (χ1v) is 11.8. The number of hydrogen-bond acceptors (Lipinski definition) is 5. The average Bonchev–Trinajstić information content (AvgIpc) is 3.30. The van der Waals surface area contributed by atoms with Crippen molar-refractivity contribution in [2.75, 3.05) is 0 Å². The fourth-order valence-electron chi connectivity index (χ4n) is 2.56. The minimum absolute atomic E-state index is 0.289. The molecule has 3 rings (SSSR count). The standard InChI is InChI=1S/C19H22N2O2S3/c1-4-14-6-8-15(9-7-14)13(3)21-26(22,23)18-11-10-17(25-18)19-20-16(5-2)12-24-19/h6-13,21H,4-5H2,1-3H3. The van der Waals surface area contributed by atoms with Crippen molar-refractivity contribution in [1.29, 1.82) is 0 Å². The van der Waals surface area contributed by atoms with Gasteiger partial charge in [-0.1, -0.05) is 38.1 Å². The Hall–Kier alpha value is -1.54. The van der Waals surface area contributed by atoms with E-state index in [-0.39, 0.29) is 6.04 Å². The first-order chi connectivity index (χ1) is 12.4. The fraction of sp³-hybridized carbons (Fsp3) is 0.316. The van der Waals surface area contributed by atoms with E-state index in [0.717, 1.165) is 34.0 Å². The maximum absolute atomic E-state index is 12.7. The van der Waals surface area contributed by atoms with Gasteiger partial charge in [0.2, 0.25) is 0 Å². The number of sulfonamides is 1. The van der Waals surface area contributed by atoms with Crippen LogP contribution in [0, 0.1) is 0 Å². The molecule has 0 saturated carbocycles. The Morgan fingerprint density at radius 2 is 1.81 bits per heavy atom. The van der Waals surface area contributed by atoms with Crippen LogP contribution in [0.2, 0.25) is 0 Å². The molecule has 0 bridgehead atoms. The number of aryl methyl sites for hydroxylation is 2. The van der Waals surface area contributed by atoms with Crippen LogP contribution in [0.3, 0.4) is 0 Å². The van der Waals surface area contributed by atoms with E-state index < -0.39 is 10.0 Å². The number of nitrogens with one attached hydrogen (secondary N) is 1. The van der Waals surface area contributed by atoms with Crippen molar-refractivity contribution in [3.63, 3.8) is 0 Å². The van der Waals surface area contributed by atoms with Gasteiger partial charge in [0.05, 0.1) is 10.6 Å². The summed E-state index contributed by atoms with van der Waals surface area (Å²) in [7, 11) is -3.56. The minimum atomic E-state index is -3.56. The third-order valence-corrected chi connectivity index (χ3v) is 8.37. The molecule has 7 heteroatoms. The molecule has 0 radical (unpaired) electrons. The Bertz CT molecular complexity index is 972. The Balaban J connectivity index is 1.77. The Morgan fingerprint density at radius 3 is 2.42 bits per heavy atom. The van der Waals surface area contributed by atoms with E-state index >= 15 is 0 Å². The summed E-state index contributed by atoms with van der Waals surface area (Å²) in [6, 6.07) is 11.2. The zero-order valence-electron chi connectivity index (χ0n) is 15.0. The predicted molar refractivity (Wildman–Crippen MR) is 109 cm³/mol. The third-order valence-electron chi connectivity index (χ3n) is 4.19. The lowest BCUT2D eigenvalue weighted by molar-refractivity contribution is 0.569. The number of hydrogen-bond donors (Lipinski definition) is 1. The second-order valence-corrected chi connectivity index (χ2v) is 9.94. The monoisotopic (exact) mass is 406 g/mol.